The van der Waals surface area contributed by atoms with Crippen LogP contribution in [0.25, 0.3) is 0 Å². The summed E-state index contributed by atoms with van der Waals surface area (Å²) < 4.78 is 4.49. The van der Waals surface area contributed by atoms with Crippen LogP contribution >= 0.6 is 0 Å². The maximum absolute atomic E-state index is 11.2. The lowest BCUT2D eigenvalue weighted by Gasteiger charge is -2.20. The molecule has 1 unspecified atom stereocenters. The van der Waals surface area contributed by atoms with Gasteiger partial charge in [-0.15, -0.1) is 0 Å². The Kier molecular flexibility index (Phi) is 5.70. The number of carbonyl (C=O) groups excluding carboxylic acids is 2. The van der Waals surface area contributed by atoms with Crippen molar-refractivity contribution in [2.75, 3.05) is 0 Å². The second-order valence-corrected chi connectivity index (χ2v) is 3.47. The van der Waals surface area contributed by atoms with Gasteiger partial charge in [0.2, 0.25) is 0 Å². The van der Waals surface area contributed by atoms with Crippen LogP contribution in [-0.2, 0) is 23.9 Å². The second-order valence-electron chi connectivity index (χ2n) is 3.47. The van der Waals surface area contributed by atoms with Crippen LogP contribution in [0.15, 0.2) is 11.8 Å². The molecule has 0 spiro atoms. The SMILES string of the molecule is CC(=CC=O)OC(=O)CC(O)(CC(=O)O)C(=O)O. The minimum atomic E-state index is -2.75. The third-order valence-corrected chi connectivity index (χ3v) is 1.86. The lowest BCUT2D eigenvalue weighted by molar-refractivity contribution is -0.170. The molecule has 0 amide bonds. The van der Waals surface area contributed by atoms with E-state index in [9.17, 15) is 24.3 Å². The lowest BCUT2D eigenvalue weighted by Crippen LogP contribution is -2.43. The minimum absolute atomic E-state index is 0.0990. The normalized spacial score (nSPS) is 14.4. The van der Waals surface area contributed by atoms with Gasteiger partial charge in [0.15, 0.2) is 5.60 Å². The van der Waals surface area contributed by atoms with Gasteiger partial charge in [0.05, 0.1) is 12.8 Å². The van der Waals surface area contributed by atoms with Crippen molar-refractivity contribution in [1.29, 1.82) is 0 Å². The maximum Gasteiger partial charge on any atom is 0.336 e. The zero-order valence-corrected chi connectivity index (χ0v) is 9.45. The number of allylic oxidation sites excluding steroid dienone is 2. The van der Waals surface area contributed by atoms with Crippen molar-refractivity contribution in [3.63, 3.8) is 0 Å². The average molecular weight is 260 g/mol. The van der Waals surface area contributed by atoms with Gasteiger partial charge in [-0.25, -0.2) is 4.79 Å². The molecule has 0 aromatic rings. The van der Waals surface area contributed by atoms with Crippen molar-refractivity contribution < 1.29 is 39.2 Å². The van der Waals surface area contributed by atoms with E-state index < -0.39 is 36.4 Å². The van der Waals surface area contributed by atoms with Gasteiger partial charge in [-0.3, -0.25) is 14.4 Å². The fourth-order valence-corrected chi connectivity index (χ4v) is 1.05. The topological polar surface area (TPSA) is 138 Å². The van der Waals surface area contributed by atoms with Crippen molar-refractivity contribution in [3.05, 3.63) is 11.8 Å². The highest BCUT2D eigenvalue weighted by molar-refractivity contribution is 5.88. The molecule has 0 bridgehead atoms. The molecular weight excluding hydrogens is 248 g/mol. The number of hydrogen-bond acceptors (Lipinski definition) is 6. The fraction of sp³-hybridized carbons (Fsp3) is 0.400. The number of aliphatic hydroxyl groups is 1. The molecule has 0 aromatic carbocycles. The van der Waals surface area contributed by atoms with Crippen molar-refractivity contribution in [2.24, 2.45) is 0 Å². The van der Waals surface area contributed by atoms with E-state index in [1.807, 2.05) is 0 Å². The van der Waals surface area contributed by atoms with Crippen molar-refractivity contribution in [2.45, 2.75) is 25.4 Å². The molecule has 0 aliphatic rings. The van der Waals surface area contributed by atoms with Gasteiger partial charge in [-0.2, -0.15) is 0 Å². The molecule has 8 nitrogen and oxygen atoms in total. The Hall–Kier alpha value is -2.22. The predicted molar refractivity (Wildman–Crippen MR) is 55.4 cm³/mol. The molecular formula is C10H12O8. The number of aliphatic carboxylic acids is 2. The number of rotatable bonds is 7. The number of carboxylic acid groups (broad SMARTS) is 2. The van der Waals surface area contributed by atoms with E-state index in [2.05, 4.69) is 4.74 Å². The first-order chi connectivity index (χ1) is 8.21. The number of ether oxygens (including phenoxy) is 1. The summed E-state index contributed by atoms with van der Waals surface area (Å²) in [5, 5.41) is 26.6. The molecule has 0 aliphatic carbocycles. The van der Waals surface area contributed by atoms with Crippen molar-refractivity contribution in [1.82, 2.24) is 0 Å². The molecule has 0 fully saturated rings. The molecule has 0 saturated carbocycles. The number of carboxylic acids is 2. The largest absolute Gasteiger partial charge is 0.481 e. The van der Waals surface area contributed by atoms with Crippen LogP contribution in [0, 0.1) is 0 Å². The first kappa shape index (κ1) is 15.8. The van der Waals surface area contributed by atoms with Crippen LogP contribution in [0.2, 0.25) is 0 Å². The van der Waals surface area contributed by atoms with E-state index in [1.54, 1.807) is 0 Å². The van der Waals surface area contributed by atoms with E-state index in [0.717, 1.165) is 6.08 Å². The number of esters is 1. The molecule has 0 radical (unpaired) electrons. The van der Waals surface area contributed by atoms with Crippen molar-refractivity contribution in [3.8, 4) is 0 Å². The lowest BCUT2D eigenvalue weighted by atomic mass is 9.96. The zero-order chi connectivity index (χ0) is 14.3. The van der Waals surface area contributed by atoms with Crippen LogP contribution in [0.3, 0.4) is 0 Å². The third-order valence-electron chi connectivity index (χ3n) is 1.86. The van der Waals surface area contributed by atoms with E-state index in [4.69, 9.17) is 10.2 Å². The van der Waals surface area contributed by atoms with E-state index in [-0.39, 0.29) is 5.76 Å². The summed E-state index contributed by atoms with van der Waals surface area (Å²) in [6, 6.07) is 0. The standard InChI is InChI=1S/C10H12O8/c1-6(2-3-11)18-8(14)5-10(17,9(15)16)4-7(12)13/h2-3,17H,4-5H2,1H3,(H,12,13)(H,15,16). The molecule has 8 heteroatoms. The second kappa shape index (κ2) is 6.50. The monoisotopic (exact) mass is 260 g/mol. The summed E-state index contributed by atoms with van der Waals surface area (Å²) in [7, 11) is 0. The van der Waals surface area contributed by atoms with E-state index in [0.29, 0.717) is 6.29 Å². The summed E-state index contributed by atoms with van der Waals surface area (Å²) in [5.74, 6) is -4.68. The van der Waals surface area contributed by atoms with E-state index >= 15 is 0 Å². The smallest absolute Gasteiger partial charge is 0.336 e. The quantitative estimate of drug-likeness (QED) is 0.237. The molecule has 18 heavy (non-hydrogen) atoms. The molecule has 1 atom stereocenters. The molecule has 0 saturated heterocycles. The van der Waals surface area contributed by atoms with Gasteiger partial charge in [0.25, 0.3) is 0 Å². The fourth-order valence-electron chi connectivity index (χ4n) is 1.05. The maximum atomic E-state index is 11.2. The Morgan fingerprint density at radius 2 is 1.78 bits per heavy atom. The number of aldehydes is 1. The van der Waals surface area contributed by atoms with Crippen LogP contribution in [0.4, 0.5) is 0 Å². The zero-order valence-electron chi connectivity index (χ0n) is 9.45. The minimum Gasteiger partial charge on any atom is -0.481 e. The summed E-state index contributed by atoms with van der Waals surface area (Å²) in [6.07, 6.45) is -0.926. The summed E-state index contributed by atoms with van der Waals surface area (Å²) in [5.41, 5.74) is -2.75. The van der Waals surface area contributed by atoms with Gasteiger partial charge in [0.1, 0.15) is 12.0 Å². The van der Waals surface area contributed by atoms with E-state index in [1.165, 1.54) is 6.92 Å². The third kappa shape index (κ3) is 5.21. The van der Waals surface area contributed by atoms with Crippen LogP contribution < -0.4 is 0 Å². The van der Waals surface area contributed by atoms with Crippen LogP contribution in [0.5, 0.6) is 0 Å². The highest BCUT2D eigenvalue weighted by atomic mass is 16.5. The number of hydrogen-bond donors (Lipinski definition) is 3. The molecule has 0 aromatic heterocycles. The van der Waals surface area contributed by atoms with Crippen molar-refractivity contribution >= 4 is 24.2 Å². The molecule has 100 valence electrons. The van der Waals surface area contributed by atoms with Gasteiger partial charge in [-0.1, -0.05) is 0 Å². The van der Waals surface area contributed by atoms with Gasteiger partial charge in [0, 0.05) is 6.08 Å². The molecule has 3 N–H and O–H groups in total. The first-order valence-corrected chi connectivity index (χ1v) is 4.71. The molecule has 0 aliphatic heterocycles. The Balaban J connectivity index is 4.75. The highest BCUT2D eigenvalue weighted by Crippen LogP contribution is 2.17. The summed E-state index contributed by atoms with van der Waals surface area (Å²) in [6.45, 7) is 1.27. The van der Waals surface area contributed by atoms with Gasteiger partial charge >= 0.3 is 17.9 Å². The molecule has 0 rings (SSSR count). The summed E-state index contributed by atoms with van der Waals surface area (Å²) >= 11 is 0. The Morgan fingerprint density at radius 3 is 2.17 bits per heavy atom. The van der Waals surface area contributed by atoms with Gasteiger partial charge in [-0.05, 0) is 6.92 Å². The molecule has 0 heterocycles. The Morgan fingerprint density at radius 1 is 1.22 bits per heavy atom. The number of carbonyl (C=O) groups is 4. The van der Waals surface area contributed by atoms with Crippen LogP contribution in [0.1, 0.15) is 19.8 Å². The van der Waals surface area contributed by atoms with Crippen LogP contribution in [-0.4, -0.2) is 45.1 Å². The van der Waals surface area contributed by atoms with Gasteiger partial charge < -0.3 is 20.1 Å². The Labute approximate surface area is 101 Å². The average Bonchev–Trinajstić information content (AvgIpc) is 2.15. The predicted octanol–water partition coefficient (Wildman–Crippen LogP) is -0.687. The first-order valence-electron chi connectivity index (χ1n) is 4.71. The Bertz CT molecular complexity index is 397. The summed E-state index contributed by atoms with van der Waals surface area (Å²) in [4.78, 5) is 42.4. The highest BCUT2D eigenvalue weighted by Gasteiger charge is 2.41.